The third-order valence-electron chi connectivity index (χ3n) is 17.6. The Morgan fingerprint density at radius 2 is 0.865 bits per heavy atom. The fourth-order valence-corrected chi connectivity index (χ4v) is 13.8. The van der Waals surface area contributed by atoms with Gasteiger partial charge in [0.2, 0.25) is 0 Å². The lowest BCUT2D eigenvalue weighted by Crippen LogP contribution is -2.61. The lowest BCUT2D eigenvalue weighted by Gasteiger charge is -2.45. The largest absolute Gasteiger partial charge is 0.311 e. The smallest absolute Gasteiger partial charge is 0.252 e. The van der Waals surface area contributed by atoms with Crippen LogP contribution < -0.4 is 26.2 Å². The molecule has 2 nitrogen and oxygen atoms in total. The Morgan fingerprint density at radius 1 is 0.405 bits per heavy atom. The molecule has 0 bridgehead atoms. The summed E-state index contributed by atoms with van der Waals surface area (Å²) in [6.07, 6.45) is 9.55. The normalized spacial score (nSPS) is 18.9. The van der Waals surface area contributed by atoms with E-state index < -0.39 is 5.41 Å². The number of benzene rings is 8. The molecule has 0 aromatic heterocycles. The zero-order valence-corrected chi connectivity index (χ0v) is 45.5. The molecule has 0 fully saturated rings. The summed E-state index contributed by atoms with van der Waals surface area (Å²) in [5.41, 5.74) is 27.2. The van der Waals surface area contributed by atoms with Gasteiger partial charge < -0.3 is 9.80 Å². The highest BCUT2D eigenvalue weighted by molar-refractivity contribution is 7.00. The van der Waals surface area contributed by atoms with E-state index in [2.05, 4.69) is 281 Å². The highest BCUT2D eigenvalue weighted by atomic mass is 15.2. The van der Waals surface area contributed by atoms with Crippen molar-refractivity contribution >= 4 is 57.2 Å². The Bertz CT molecular complexity index is 3520. The van der Waals surface area contributed by atoms with E-state index in [0.29, 0.717) is 0 Å². The monoisotopic (exact) mass is 961 g/mol. The van der Waals surface area contributed by atoms with Gasteiger partial charge in [0.05, 0.1) is 5.41 Å². The second-order valence-corrected chi connectivity index (χ2v) is 26.2. The molecule has 1 spiro atoms. The number of rotatable bonds is 3. The molecule has 0 N–H and O–H groups in total. The molecule has 3 unspecified atom stereocenters. The van der Waals surface area contributed by atoms with Crippen molar-refractivity contribution in [3.05, 3.63) is 233 Å². The number of fused-ring (bicyclic) bond motifs is 14. The average molecular weight is 961 g/mol. The quantitative estimate of drug-likeness (QED) is 0.163. The molecule has 2 aliphatic heterocycles. The van der Waals surface area contributed by atoms with Gasteiger partial charge in [0.15, 0.2) is 0 Å². The zero-order chi connectivity index (χ0) is 51.4. The van der Waals surface area contributed by atoms with Crippen LogP contribution in [0.25, 0.3) is 22.3 Å². The van der Waals surface area contributed by atoms with Gasteiger partial charge in [-0.05, 0) is 153 Å². The van der Waals surface area contributed by atoms with Crippen LogP contribution in [-0.4, -0.2) is 6.71 Å². The van der Waals surface area contributed by atoms with Crippen LogP contribution in [0.2, 0.25) is 0 Å². The van der Waals surface area contributed by atoms with Gasteiger partial charge in [-0.1, -0.05) is 223 Å². The van der Waals surface area contributed by atoms with Crippen molar-refractivity contribution in [2.45, 2.75) is 116 Å². The van der Waals surface area contributed by atoms with Crippen LogP contribution >= 0.6 is 0 Å². The summed E-state index contributed by atoms with van der Waals surface area (Å²) in [6.45, 7) is 28.0. The van der Waals surface area contributed by atoms with Gasteiger partial charge in [0, 0.05) is 46.0 Å². The van der Waals surface area contributed by atoms with Gasteiger partial charge in [-0.25, -0.2) is 0 Å². The van der Waals surface area contributed by atoms with E-state index in [0.717, 1.165) is 0 Å². The van der Waals surface area contributed by atoms with Gasteiger partial charge in [-0.3, -0.25) is 0 Å². The van der Waals surface area contributed by atoms with E-state index in [-0.39, 0.29) is 40.2 Å². The predicted molar refractivity (Wildman–Crippen MR) is 317 cm³/mol. The molecule has 2 heterocycles. The average Bonchev–Trinajstić information content (AvgIpc) is 3.90. The van der Waals surface area contributed by atoms with Crippen molar-refractivity contribution < 1.29 is 0 Å². The summed E-state index contributed by atoms with van der Waals surface area (Å²) in [5.74, 6) is 0.494. The zero-order valence-electron chi connectivity index (χ0n) is 45.5. The van der Waals surface area contributed by atoms with E-state index >= 15 is 0 Å². The first-order valence-electron chi connectivity index (χ1n) is 27.2. The lowest BCUT2D eigenvalue weighted by molar-refractivity contribution is 0.466. The van der Waals surface area contributed by atoms with Crippen LogP contribution in [-0.2, 0) is 27.1 Å². The number of anilines is 6. The van der Waals surface area contributed by atoms with Crippen molar-refractivity contribution in [1.82, 2.24) is 0 Å². The van der Waals surface area contributed by atoms with Gasteiger partial charge in [-0.2, -0.15) is 0 Å². The van der Waals surface area contributed by atoms with Crippen LogP contribution in [0.15, 0.2) is 188 Å². The third kappa shape index (κ3) is 6.77. The minimum atomic E-state index is -0.391. The first kappa shape index (κ1) is 46.7. The molecule has 0 amide bonds. The van der Waals surface area contributed by atoms with Crippen molar-refractivity contribution in [3.8, 4) is 22.3 Å². The molecule has 0 saturated carbocycles. The summed E-state index contributed by atoms with van der Waals surface area (Å²) in [5, 5.41) is 0. The van der Waals surface area contributed by atoms with Crippen molar-refractivity contribution in [3.63, 3.8) is 0 Å². The maximum Gasteiger partial charge on any atom is 0.252 e. The summed E-state index contributed by atoms with van der Waals surface area (Å²) in [7, 11) is 0. The van der Waals surface area contributed by atoms with E-state index in [4.69, 9.17) is 0 Å². The van der Waals surface area contributed by atoms with Gasteiger partial charge in [0.1, 0.15) is 0 Å². The summed E-state index contributed by atoms with van der Waals surface area (Å²) in [6, 6.07) is 64.8. The highest BCUT2D eigenvalue weighted by Gasteiger charge is 2.58. The van der Waals surface area contributed by atoms with Gasteiger partial charge >= 0.3 is 0 Å². The standard InChI is InChI=1S/C71H69BN2/c1-67(2,3)45-28-34-49(35-29-45)73-61-38-32-47(69(7,8)9)42-59(61)72-60-43-48(70(10,11)12)33-39-62(60)74(50-36-30-46(31-37-50)68(4,5)6)64-41-44(40-63(73)66(64)72)51-23-19-24-55-54-22-15-18-27-58(54)71(65(51)55)56-25-16-13-20-52(56)53-21-14-17-26-57(53)71/h13-43,52,56H,1-12H3. The lowest BCUT2D eigenvalue weighted by atomic mass is 9.33. The molecule has 0 radical (unpaired) electrons. The van der Waals surface area contributed by atoms with Crippen molar-refractivity contribution in [2.75, 3.05) is 9.80 Å². The van der Waals surface area contributed by atoms with Crippen LogP contribution in [0, 0.1) is 5.92 Å². The van der Waals surface area contributed by atoms with E-state index in [1.165, 1.54) is 117 Å². The SMILES string of the molecule is CC(C)(C)c1ccc(N2c3ccc(C(C)(C)C)cc3B3c4cc(C(C)(C)C)ccc4N(c4ccc(C(C)(C)C)cc4)c4cc(-c5cccc6c5C5(c7ccccc7-6)c6ccccc6C6C=CC=CC65)cc2c43)cc1. The molecule has 13 rings (SSSR count). The summed E-state index contributed by atoms with van der Waals surface area (Å²) < 4.78 is 0. The Morgan fingerprint density at radius 3 is 1.41 bits per heavy atom. The van der Waals surface area contributed by atoms with Gasteiger partial charge in [0.25, 0.3) is 6.71 Å². The number of hydrogen-bond donors (Lipinski definition) is 0. The molecular weight excluding hydrogens is 892 g/mol. The first-order valence-corrected chi connectivity index (χ1v) is 27.2. The number of allylic oxidation sites excluding steroid dienone is 4. The van der Waals surface area contributed by atoms with E-state index in [1.54, 1.807) is 0 Å². The second-order valence-electron chi connectivity index (χ2n) is 26.2. The topological polar surface area (TPSA) is 6.48 Å². The van der Waals surface area contributed by atoms with Crippen LogP contribution in [0.3, 0.4) is 0 Å². The predicted octanol–water partition coefficient (Wildman–Crippen LogP) is 16.8. The van der Waals surface area contributed by atoms with Crippen molar-refractivity contribution in [1.29, 1.82) is 0 Å². The minimum Gasteiger partial charge on any atom is -0.311 e. The number of hydrogen-bond acceptors (Lipinski definition) is 2. The molecule has 366 valence electrons. The molecule has 5 aliphatic rings. The van der Waals surface area contributed by atoms with Gasteiger partial charge in [-0.15, -0.1) is 0 Å². The molecule has 8 aromatic carbocycles. The van der Waals surface area contributed by atoms with Crippen LogP contribution in [0.1, 0.15) is 134 Å². The molecule has 3 aliphatic carbocycles. The Kier molecular flexibility index (Phi) is 10.1. The molecule has 74 heavy (non-hydrogen) atoms. The second kappa shape index (κ2) is 16.0. The Labute approximate surface area is 441 Å². The minimum absolute atomic E-state index is 0.0161. The maximum absolute atomic E-state index is 2.62. The summed E-state index contributed by atoms with van der Waals surface area (Å²) >= 11 is 0. The maximum atomic E-state index is 2.62. The van der Waals surface area contributed by atoms with Crippen LogP contribution in [0.4, 0.5) is 34.1 Å². The molecular formula is C71H69BN2. The van der Waals surface area contributed by atoms with Crippen LogP contribution in [0.5, 0.6) is 0 Å². The Hall–Kier alpha value is -7.10. The summed E-state index contributed by atoms with van der Waals surface area (Å²) in [4.78, 5) is 5.24. The molecule has 3 heteroatoms. The molecule has 3 atom stereocenters. The first-order chi connectivity index (χ1) is 35.2. The molecule has 0 saturated heterocycles. The van der Waals surface area contributed by atoms with E-state index in [1.807, 2.05) is 0 Å². The number of nitrogens with zero attached hydrogens (tertiary/aromatic N) is 2. The molecule has 8 aromatic rings. The van der Waals surface area contributed by atoms with Crippen molar-refractivity contribution in [2.24, 2.45) is 5.92 Å². The fraction of sp³-hybridized carbons (Fsp3) is 0.268. The Balaban J connectivity index is 1.16. The van der Waals surface area contributed by atoms with E-state index in [9.17, 15) is 0 Å². The third-order valence-corrected chi connectivity index (χ3v) is 17.6. The highest BCUT2D eigenvalue weighted by Crippen LogP contribution is 2.67. The fourth-order valence-electron chi connectivity index (χ4n) is 13.8.